The summed E-state index contributed by atoms with van der Waals surface area (Å²) in [6, 6.07) is 1.53. The summed E-state index contributed by atoms with van der Waals surface area (Å²) in [5, 5.41) is 0. The molecule has 0 amide bonds. The first-order valence-corrected chi connectivity index (χ1v) is 7.31. The molecule has 0 aliphatic rings. The summed E-state index contributed by atoms with van der Waals surface area (Å²) in [5.41, 5.74) is 5.49. The minimum atomic E-state index is -3.40. The van der Waals surface area contributed by atoms with Gasteiger partial charge in [0.1, 0.15) is 0 Å². The molecular formula is C10H19ClN2O2S2. The van der Waals surface area contributed by atoms with Crippen molar-refractivity contribution in [2.75, 3.05) is 13.6 Å². The van der Waals surface area contributed by atoms with Gasteiger partial charge in [0.15, 0.2) is 0 Å². The Labute approximate surface area is 113 Å². The zero-order valence-electron chi connectivity index (χ0n) is 10.4. The number of rotatable bonds is 4. The molecule has 1 unspecified atom stereocenters. The highest BCUT2D eigenvalue weighted by molar-refractivity contribution is 7.89. The SMILES string of the molecule is Cc1cc(S(=O)(=O)N(C)C(C)CN)c(C)s1.Cl. The van der Waals surface area contributed by atoms with E-state index in [-0.39, 0.29) is 18.4 Å². The second-order valence-electron chi connectivity index (χ2n) is 3.88. The number of halogens is 1. The third-order valence-corrected chi connectivity index (χ3v) is 5.81. The van der Waals surface area contributed by atoms with Crippen LogP contribution in [0.25, 0.3) is 0 Å². The van der Waals surface area contributed by atoms with E-state index in [0.717, 1.165) is 9.75 Å². The van der Waals surface area contributed by atoms with Crippen LogP contribution >= 0.6 is 23.7 Å². The van der Waals surface area contributed by atoms with Crippen LogP contribution in [0.5, 0.6) is 0 Å². The maximum Gasteiger partial charge on any atom is 0.244 e. The van der Waals surface area contributed by atoms with Crippen LogP contribution in [0.2, 0.25) is 0 Å². The number of aryl methyl sites for hydroxylation is 2. The van der Waals surface area contributed by atoms with E-state index in [1.54, 1.807) is 20.0 Å². The van der Waals surface area contributed by atoms with Gasteiger partial charge in [0.2, 0.25) is 10.0 Å². The fourth-order valence-electron chi connectivity index (χ4n) is 1.40. The predicted octanol–water partition coefficient (Wildman–Crippen LogP) is 1.75. The molecule has 1 heterocycles. The number of sulfonamides is 1. The lowest BCUT2D eigenvalue weighted by Crippen LogP contribution is -2.39. The zero-order chi connectivity index (χ0) is 12.5. The third kappa shape index (κ3) is 3.42. The molecule has 0 fully saturated rings. The van der Waals surface area contributed by atoms with Crippen molar-refractivity contribution in [3.05, 3.63) is 15.8 Å². The van der Waals surface area contributed by atoms with Crippen LogP contribution in [0.15, 0.2) is 11.0 Å². The van der Waals surface area contributed by atoms with Gasteiger partial charge in [0.05, 0.1) is 4.90 Å². The number of likely N-dealkylation sites (N-methyl/N-ethyl adjacent to an activating group) is 1. The van der Waals surface area contributed by atoms with Crippen molar-refractivity contribution in [1.82, 2.24) is 4.31 Å². The van der Waals surface area contributed by atoms with E-state index in [4.69, 9.17) is 5.73 Å². The van der Waals surface area contributed by atoms with E-state index in [1.807, 2.05) is 13.8 Å². The van der Waals surface area contributed by atoms with E-state index in [2.05, 4.69) is 0 Å². The molecule has 1 aromatic heterocycles. The monoisotopic (exact) mass is 298 g/mol. The molecule has 0 radical (unpaired) electrons. The Bertz CT molecular complexity index is 471. The second-order valence-corrected chi connectivity index (χ2v) is 7.31. The van der Waals surface area contributed by atoms with Crippen molar-refractivity contribution in [2.24, 2.45) is 5.73 Å². The Balaban J connectivity index is 0.00000256. The Morgan fingerprint density at radius 2 is 2.00 bits per heavy atom. The number of hydrogen-bond acceptors (Lipinski definition) is 4. The molecule has 1 aromatic rings. The van der Waals surface area contributed by atoms with E-state index < -0.39 is 10.0 Å². The first-order valence-electron chi connectivity index (χ1n) is 5.05. The third-order valence-electron chi connectivity index (χ3n) is 2.61. The first-order chi connectivity index (χ1) is 7.30. The highest BCUT2D eigenvalue weighted by Gasteiger charge is 2.27. The van der Waals surface area contributed by atoms with Crippen molar-refractivity contribution >= 4 is 33.8 Å². The summed E-state index contributed by atoms with van der Waals surface area (Å²) in [7, 11) is -1.83. The van der Waals surface area contributed by atoms with Crippen LogP contribution in [0, 0.1) is 13.8 Å². The van der Waals surface area contributed by atoms with Crippen molar-refractivity contribution < 1.29 is 8.42 Å². The molecule has 4 nitrogen and oxygen atoms in total. The normalized spacial score (nSPS) is 13.5. The highest BCUT2D eigenvalue weighted by atomic mass is 35.5. The van der Waals surface area contributed by atoms with Gasteiger partial charge in [-0.15, -0.1) is 23.7 Å². The van der Waals surface area contributed by atoms with E-state index in [1.165, 1.54) is 15.6 Å². The highest BCUT2D eigenvalue weighted by Crippen LogP contribution is 2.27. The van der Waals surface area contributed by atoms with Crippen molar-refractivity contribution in [3.8, 4) is 0 Å². The van der Waals surface area contributed by atoms with Gasteiger partial charge >= 0.3 is 0 Å². The number of nitrogens with zero attached hydrogens (tertiary/aromatic N) is 1. The van der Waals surface area contributed by atoms with Gasteiger partial charge in [0.25, 0.3) is 0 Å². The minimum Gasteiger partial charge on any atom is -0.329 e. The van der Waals surface area contributed by atoms with Gasteiger partial charge in [0, 0.05) is 29.4 Å². The Hall–Kier alpha value is -0.140. The van der Waals surface area contributed by atoms with Crippen molar-refractivity contribution in [3.63, 3.8) is 0 Å². The van der Waals surface area contributed by atoms with Gasteiger partial charge in [-0.3, -0.25) is 0 Å². The Morgan fingerprint density at radius 1 is 1.47 bits per heavy atom. The van der Waals surface area contributed by atoms with Crippen molar-refractivity contribution in [2.45, 2.75) is 31.7 Å². The smallest absolute Gasteiger partial charge is 0.244 e. The predicted molar refractivity (Wildman–Crippen MR) is 74.5 cm³/mol. The average Bonchev–Trinajstić information content (AvgIpc) is 2.56. The summed E-state index contributed by atoms with van der Waals surface area (Å²) in [6.45, 7) is 5.85. The number of hydrogen-bond donors (Lipinski definition) is 1. The Morgan fingerprint density at radius 3 is 2.35 bits per heavy atom. The molecule has 100 valence electrons. The van der Waals surface area contributed by atoms with Crippen LogP contribution in [0.1, 0.15) is 16.7 Å². The molecule has 0 spiro atoms. The van der Waals surface area contributed by atoms with Crippen LogP contribution in [0.3, 0.4) is 0 Å². The van der Waals surface area contributed by atoms with Gasteiger partial charge in [-0.05, 0) is 26.8 Å². The molecular weight excluding hydrogens is 280 g/mol. The zero-order valence-corrected chi connectivity index (χ0v) is 12.9. The summed E-state index contributed by atoms with van der Waals surface area (Å²) in [4.78, 5) is 2.23. The molecule has 0 aliphatic heterocycles. The topological polar surface area (TPSA) is 63.4 Å². The lowest BCUT2D eigenvalue weighted by Gasteiger charge is -2.22. The molecule has 17 heavy (non-hydrogen) atoms. The lowest BCUT2D eigenvalue weighted by molar-refractivity contribution is 0.394. The van der Waals surface area contributed by atoms with Crippen LogP contribution in [-0.4, -0.2) is 32.4 Å². The quantitative estimate of drug-likeness (QED) is 0.921. The lowest BCUT2D eigenvalue weighted by atomic mass is 10.4. The molecule has 1 rings (SSSR count). The summed E-state index contributed by atoms with van der Waals surface area (Å²) < 4.78 is 25.8. The van der Waals surface area contributed by atoms with Gasteiger partial charge < -0.3 is 5.73 Å². The van der Waals surface area contributed by atoms with Gasteiger partial charge in [-0.1, -0.05) is 0 Å². The number of thiophene rings is 1. The maximum absolute atomic E-state index is 12.2. The molecule has 0 saturated heterocycles. The van der Waals surface area contributed by atoms with Gasteiger partial charge in [-0.2, -0.15) is 4.31 Å². The first kappa shape index (κ1) is 16.9. The van der Waals surface area contributed by atoms with E-state index >= 15 is 0 Å². The fraction of sp³-hybridized carbons (Fsp3) is 0.600. The fourth-order valence-corrected chi connectivity index (χ4v) is 4.30. The molecule has 0 aromatic carbocycles. The summed E-state index contributed by atoms with van der Waals surface area (Å²) in [5.74, 6) is 0. The number of nitrogens with two attached hydrogens (primary N) is 1. The molecule has 0 aliphatic carbocycles. The molecule has 0 bridgehead atoms. The minimum absolute atomic E-state index is 0. The molecule has 7 heteroatoms. The standard InChI is InChI=1S/C10H18N2O2S2.ClH/c1-7(6-11)12(4)16(13,14)10-5-8(2)15-9(10)3;/h5,7H,6,11H2,1-4H3;1H. The summed E-state index contributed by atoms with van der Waals surface area (Å²) >= 11 is 1.50. The van der Waals surface area contributed by atoms with Crippen LogP contribution in [-0.2, 0) is 10.0 Å². The Kier molecular flexibility index (Phi) is 6.10. The molecule has 2 N–H and O–H groups in total. The average molecular weight is 299 g/mol. The maximum atomic E-state index is 12.2. The van der Waals surface area contributed by atoms with Crippen LogP contribution < -0.4 is 5.73 Å². The van der Waals surface area contributed by atoms with E-state index in [9.17, 15) is 8.42 Å². The van der Waals surface area contributed by atoms with E-state index in [0.29, 0.717) is 11.4 Å². The summed E-state index contributed by atoms with van der Waals surface area (Å²) in [6.07, 6.45) is 0. The van der Waals surface area contributed by atoms with Crippen LogP contribution in [0.4, 0.5) is 0 Å². The molecule has 0 saturated carbocycles. The van der Waals surface area contributed by atoms with Gasteiger partial charge in [-0.25, -0.2) is 8.42 Å². The second kappa shape index (κ2) is 6.15. The molecule has 1 atom stereocenters. The van der Waals surface area contributed by atoms with Crippen molar-refractivity contribution in [1.29, 1.82) is 0 Å². The largest absolute Gasteiger partial charge is 0.329 e.